The fourth-order valence-corrected chi connectivity index (χ4v) is 11.6. The molecule has 2 atom stereocenters. The molecule has 0 bridgehead atoms. The number of aromatic nitrogens is 2. The largest absolute Gasteiger partial charge is 0.485 e. The minimum absolute atomic E-state index is 0.0345. The van der Waals surface area contributed by atoms with E-state index in [1.54, 1.807) is 0 Å². The number of rotatable bonds is 34. The third-order valence-electron chi connectivity index (χ3n) is 13.9. The van der Waals surface area contributed by atoms with Gasteiger partial charge in [0.05, 0.1) is 57.9 Å². The lowest BCUT2D eigenvalue weighted by atomic mass is 9.87. The molecule has 0 spiro atoms. The molecular formula is C52H86Br2N2O6S. The highest BCUT2D eigenvalue weighted by Crippen LogP contribution is 2.49. The van der Waals surface area contributed by atoms with Gasteiger partial charge in [0.25, 0.3) is 0 Å². The zero-order chi connectivity index (χ0) is 45.1. The van der Waals surface area contributed by atoms with E-state index in [-0.39, 0.29) is 36.0 Å². The molecule has 2 unspecified atom stereocenters. The monoisotopic (exact) mass is 1020 g/mol. The van der Waals surface area contributed by atoms with Gasteiger partial charge in [-0.1, -0.05) is 156 Å². The minimum Gasteiger partial charge on any atom is -0.485 e. The van der Waals surface area contributed by atoms with Crippen LogP contribution >= 0.6 is 43.6 Å². The van der Waals surface area contributed by atoms with Crippen LogP contribution in [0.3, 0.4) is 0 Å². The van der Waals surface area contributed by atoms with Crippen LogP contribution in [0, 0.1) is 23.7 Å². The van der Waals surface area contributed by atoms with E-state index in [9.17, 15) is 9.59 Å². The number of esters is 2. The van der Waals surface area contributed by atoms with Crippen molar-refractivity contribution in [2.45, 2.75) is 245 Å². The van der Waals surface area contributed by atoms with Crippen molar-refractivity contribution in [2.24, 2.45) is 23.7 Å². The van der Waals surface area contributed by atoms with E-state index in [0.717, 1.165) is 97.0 Å². The van der Waals surface area contributed by atoms with Crippen molar-refractivity contribution in [1.82, 2.24) is 8.75 Å². The molecule has 1 aromatic heterocycles. The normalized spacial score (nSPS) is 20.1. The van der Waals surface area contributed by atoms with Gasteiger partial charge in [0.15, 0.2) is 11.5 Å². The molecule has 0 radical (unpaired) electrons. The Bertz CT molecular complexity index is 1430. The molecule has 360 valence electrons. The van der Waals surface area contributed by atoms with Gasteiger partial charge in [0.1, 0.15) is 11.0 Å². The number of nitrogens with zero attached hydrogens (tertiary/aromatic N) is 2. The maximum Gasteiger partial charge on any atom is 0.308 e. The van der Waals surface area contributed by atoms with E-state index >= 15 is 0 Å². The Hall–Kier alpha value is -1.46. The Kier molecular flexibility index (Phi) is 27.7. The lowest BCUT2D eigenvalue weighted by Gasteiger charge is -2.31. The van der Waals surface area contributed by atoms with E-state index in [4.69, 9.17) is 18.9 Å². The first-order valence-electron chi connectivity index (χ1n) is 26.1. The van der Waals surface area contributed by atoms with Gasteiger partial charge >= 0.3 is 11.9 Å². The second-order valence-corrected chi connectivity index (χ2v) is 21.3. The lowest BCUT2D eigenvalue weighted by molar-refractivity contribution is -0.152. The fourth-order valence-electron chi connectivity index (χ4n) is 9.67. The van der Waals surface area contributed by atoms with Gasteiger partial charge in [-0.05, 0) is 121 Å². The SMILES string of the molecule is CCCCCCCCC(CCCCCC)COC(=O)C1CCC(Oc2c(OC3CCC(C(=O)OCC(CCCCCC)CCCCCCCC)CC3)c(Br)c3nsnc3c2Br)CC1. The van der Waals surface area contributed by atoms with Crippen molar-refractivity contribution in [1.29, 1.82) is 0 Å². The van der Waals surface area contributed by atoms with Crippen molar-refractivity contribution in [3.8, 4) is 11.5 Å². The maximum atomic E-state index is 13.4. The third kappa shape index (κ3) is 19.7. The van der Waals surface area contributed by atoms with Crippen LogP contribution in [-0.4, -0.2) is 46.1 Å². The van der Waals surface area contributed by atoms with Crippen LogP contribution < -0.4 is 9.47 Å². The van der Waals surface area contributed by atoms with E-state index in [0.29, 0.717) is 36.5 Å². The Labute approximate surface area is 404 Å². The molecule has 4 rings (SSSR count). The summed E-state index contributed by atoms with van der Waals surface area (Å²) in [6.45, 7) is 10.2. The standard InChI is InChI=1S/C52H86Br2N2O6S/c1-5-9-13-17-19-23-27-39(25-21-15-11-7-3)37-59-51(57)41-29-33-43(34-30-41)61-49-45(53)47-48(56-63-55-47)46(54)50(49)62-44-35-31-42(32-36-44)52(58)60-38-40(26-22-16-12-8-4)28-24-20-18-14-10-6-2/h39-44H,5-38H2,1-4H3. The lowest BCUT2D eigenvalue weighted by Crippen LogP contribution is -2.31. The van der Waals surface area contributed by atoms with Gasteiger partial charge in [-0.3, -0.25) is 9.59 Å². The third-order valence-corrected chi connectivity index (χ3v) is 15.9. The van der Waals surface area contributed by atoms with Crippen LogP contribution in [0.25, 0.3) is 11.0 Å². The Morgan fingerprint density at radius 2 is 0.794 bits per heavy atom. The van der Waals surface area contributed by atoms with Gasteiger partial charge in [-0.2, -0.15) is 8.75 Å². The summed E-state index contributed by atoms with van der Waals surface area (Å²) >= 11 is 8.80. The molecule has 2 saturated carbocycles. The van der Waals surface area contributed by atoms with Crippen molar-refractivity contribution in [2.75, 3.05) is 13.2 Å². The molecule has 2 aromatic rings. The summed E-state index contributed by atoms with van der Waals surface area (Å²) in [4.78, 5) is 26.8. The number of ether oxygens (including phenoxy) is 4. The Morgan fingerprint density at radius 3 is 1.13 bits per heavy atom. The van der Waals surface area contributed by atoms with Crippen molar-refractivity contribution < 1.29 is 28.5 Å². The maximum absolute atomic E-state index is 13.4. The van der Waals surface area contributed by atoms with Gasteiger partial charge in [0.2, 0.25) is 0 Å². The number of fused-ring (bicyclic) bond motifs is 1. The van der Waals surface area contributed by atoms with Crippen LogP contribution in [0.2, 0.25) is 0 Å². The highest BCUT2D eigenvalue weighted by Gasteiger charge is 2.34. The molecule has 0 saturated heterocycles. The van der Waals surface area contributed by atoms with Crippen LogP contribution in [0.1, 0.15) is 233 Å². The summed E-state index contributed by atoms with van der Waals surface area (Å²) in [5.41, 5.74) is 1.48. The van der Waals surface area contributed by atoms with Crippen molar-refractivity contribution in [3.63, 3.8) is 0 Å². The van der Waals surface area contributed by atoms with E-state index in [1.165, 1.54) is 140 Å². The summed E-state index contributed by atoms with van der Waals surface area (Å²) in [5, 5.41) is 0. The smallest absolute Gasteiger partial charge is 0.308 e. The topological polar surface area (TPSA) is 96.8 Å². The molecule has 2 aliphatic carbocycles. The van der Waals surface area contributed by atoms with Crippen LogP contribution in [0.4, 0.5) is 0 Å². The van der Waals surface area contributed by atoms with E-state index < -0.39 is 0 Å². The Balaban J connectivity index is 1.27. The number of halogens is 2. The summed E-state index contributed by atoms with van der Waals surface area (Å²) in [5.74, 6) is 1.94. The number of hydrogen-bond acceptors (Lipinski definition) is 9. The first-order valence-corrected chi connectivity index (χ1v) is 28.4. The molecule has 0 aliphatic heterocycles. The van der Waals surface area contributed by atoms with Crippen LogP contribution in [0.15, 0.2) is 8.95 Å². The average Bonchev–Trinajstić information content (AvgIpc) is 3.81. The van der Waals surface area contributed by atoms with Gasteiger partial charge in [0, 0.05) is 0 Å². The molecule has 8 nitrogen and oxygen atoms in total. The highest BCUT2D eigenvalue weighted by molar-refractivity contribution is 9.11. The molecule has 2 aliphatic rings. The van der Waals surface area contributed by atoms with Gasteiger partial charge in [-0.15, -0.1) is 0 Å². The second-order valence-electron chi connectivity index (χ2n) is 19.2. The number of hydrogen-bond donors (Lipinski definition) is 0. The van der Waals surface area contributed by atoms with Crippen LogP contribution in [0.5, 0.6) is 11.5 Å². The average molecular weight is 1030 g/mol. The minimum atomic E-state index is -0.0883. The summed E-state index contributed by atoms with van der Waals surface area (Å²) in [7, 11) is 0. The zero-order valence-corrected chi connectivity index (χ0v) is 44.0. The summed E-state index contributed by atoms with van der Waals surface area (Å²) in [6.07, 6.45) is 36.1. The predicted molar refractivity (Wildman–Crippen MR) is 268 cm³/mol. The molecule has 11 heteroatoms. The number of carbonyl (C=O) groups is 2. The molecule has 1 heterocycles. The van der Waals surface area contributed by atoms with E-state index in [2.05, 4.69) is 68.3 Å². The molecule has 63 heavy (non-hydrogen) atoms. The van der Waals surface area contributed by atoms with Gasteiger partial charge < -0.3 is 18.9 Å². The van der Waals surface area contributed by atoms with Crippen molar-refractivity contribution in [3.05, 3.63) is 8.95 Å². The molecule has 2 fully saturated rings. The number of benzene rings is 1. The molecule has 0 N–H and O–H groups in total. The summed E-state index contributed by atoms with van der Waals surface area (Å²) in [6, 6.07) is 0. The van der Waals surface area contributed by atoms with Crippen molar-refractivity contribution >= 4 is 66.6 Å². The Morgan fingerprint density at radius 1 is 0.492 bits per heavy atom. The van der Waals surface area contributed by atoms with Gasteiger partial charge in [-0.25, -0.2) is 0 Å². The zero-order valence-electron chi connectivity index (χ0n) is 40.0. The quantitative estimate of drug-likeness (QED) is 0.0505. The van der Waals surface area contributed by atoms with Crippen LogP contribution in [-0.2, 0) is 19.1 Å². The molecule has 0 amide bonds. The molecular weight excluding hydrogens is 940 g/mol. The number of unbranched alkanes of at least 4 members (excludes halogenated alkanes) is 16. The predicted octanol–water partition coefficient (Wildman–Crippen LogP) is 16.9. The highest BCUT2D eigenvalue weighted by atomic mass is 79.9. The summed E-state index contributed by atoms with van der Waals surface area (Å²) < 4.78 is 36.4. The first kappa shape index (κ1) is 54.1. The molecule has 1 aromatic carbocycles. The van der Waals surface area contributed by atoms with E-state index in [1.807, 2.05) is 0 Å². The number of carbonyl (C=O) groups excluding carboxylic acids is 2. The first-order chi connectivity index (χ1) is 30.8. The fraction of sp³-hybridized carbons (Fsp3) is 0.846. The second kappa shape index (κ2) is 32.3.